The summed E-state index contributed by atoms with van der Waals surface area (Å²) in [6.45, 7) is 5.30. The smallest absolute Gasteiger partial charge is 0.0624 e. The molecule has 1 aliphatic carbocycles. The number of nitrogens with two attached hydrogens (primary N) is 1. The molecule has 0 aliphatic heterocycles. The summed E-state index contributed by atoms with van der Waals surface area (Å²) in [7, 11) is 2.07. The molecule has 2 N–H and O–H groups in total. The third-order valence-corrected chi connectivity index (χ3v) is 5.00. The topological polar surface area (TPSA) is 43.8 Å². The Morgan fingerprint density at radius 2 is 2.26 bits per heavy atom. The van der Waals surface area contributed by atoms with Crippen molar-refractivity contribution in [1.29, 1.82) is 0 Å². The van der Waals surface area contributed by atoms with Crippen LogP contribution >= 0.6 is 0 Å². The van der Waals surface area contributed by atoms with E-state index in [4.69, 9.17) is 5.73 Å². The summed E-state index contributed by atoms with van der Waals surface area (Å²) in [4.78, 5) is 0. The Kier molecular flexibility index (Phi) is 4.67. The van der Waals surface area contributed by atoms with Crippen molar-refractivity contribution in [3.8, 4) is 0 Å². The van der Waals surface area contributed by atoms with Gasteiger partial charge in [-0.3, -0.25) is 4.68 Å². The molecule has 108 valence electrons. The molecular formula is C16H29N3. The van der Waals surface area contributed by atoms with E-state index >= 15 is 0 Å². The van der Waals surface area contributed by atoms with E-state index in [1.807, 2.05) is 0 Å². The number of nitrogens with zero attached hydrogens (tertiary/aromatic N) is 2. The van der Waals surface area contributed by atoms with Crippen LogP contribution in [0.1, 0.15) is 57.3 Å². The fraction of sp³-hybridized carbons (Fsp3) is 0.812. The number of aromatic nitrogens is 2. The van der Waals surface area contributed by atoms with Gasteiger partial charge in [-0.2, -0.15) is 5.10 Å². The second-order valence-electron chi connectivity index (χ2n) is 6.36. The lowest BCUT2D eigenvalue weighted by Gasteiger charge is -2.40. The third kappa shape index (κ3) is 3.19. The van der Waals surface area contributed by atoms with Crippen LogP contribution in [-0.4, -0.2) is 16.3 Å². The minimum atomic E-state index is 0.317. The van der Waals surface area contributed by atoms with Crippen LogP contribution in [0.5, 0.6) is 0 Å². The van der Waals surface area contributed by atoms with Crippen LogP contribution in [0.3, 0.4) is 0 Å². The lowest BCUT2D eigenvalue weighted by molar-refractivity contribution is 0.140. The van der Waals surface area contributed by atoms with E-state index in [9.17, 15) is 0 Å². The van der Waals surface area contributed by atoms with E-state index < -0.39 is 0 Å². The maximum absolute atomic E-state index is 6.16. The molecule has 0 spiro atoms. The molecule has 2 unspecified atom stereocenters. The van der Waals surface area contributed by atoms with Gasteiger partial charge in [-0.05, 0) is 49.6 Å². The van der Waals surface area contributed by atoms with Gasteiger partial charge in [0.1, 0.15) is 0 Å². The Hall–Kier alpha value is -0.830. The molecule has 1 aromatic heterocycles. The van der Waals surface area contributed by atoms with Crippen LogP contribution in [0.15, 0.2) is 6.07 Å². The third-order valence-electron chi connectivity index (χ3n) is 5.00. The van der Waals surface area contributed by atoms with E-state index in [2.05, 4.69) is 36.7 Å². The van der Waals surface area contributed by atoms with E-state index in [-0.39, 0.29) is 0 Å². The summed E-state index contributed by atoms with van der Waals surface area (Å²) in [6.07, 6.45) is 8.73. The predicted octanol–water partition coefficient (Wildman–Crippen LogP) is 3.07. The van der Waals surface area contributed by atoms with Crippen LogP contribution in [0.25, 0.3) is 0 Å². The van der Waals surface area contributed by atoms with Gasteiger partial charge in [-0.25, -0.2) is 0 Å². The molecule has 1 heterocycles. The molecule has 0 aromatic carbocycles. The first-order chi connectivity index (χ1) is 9.12. The fourth-order valence-electron chi connectivity index (χ4n) is 3.64. The Morgan fingerprint density at radius 3 is 2.84 bits per heavy atom. The zero-order valence-corrected chi connectivity index (χ0v) is 12.8. The summed E-state index contributed by atoms with van der Waals surface area (Å²) in [5, 5.41) is 4.58. The second kappa shape index (κ2) is 6.08. The molecule has 1 saturated carbocycles. The molecule has 1 fully saturated rings. The van der Waals surface area contributed by atoms with E-state index in [1.165, 1.54) is 43.5 Å². The van der Waals surface area contributed by atoms with Gasteiger partial charge in [0.2, 0.25) is 0 Å². The highest BCUT2D eigenvalue weighted by molar-refractivity contribution is 5.13. The maximum Gasteiger partial charge on any atom is 0.0624 e. The lowest BCUT2D eigenvalue weighted by atomic mass is 9.66. The zero-order valence-electron chi connectivity index (χ0n) is 12.8. The number of rotatable bonds is 5. The van der Waals surface area contributed by atoms with Gasteiger partial charge in [0.05, 0.1) is 5.69 Å². The first-order valence-electron chi connectivity index (χ1n) is 7.84. The van der Waals surface area contributed by atoms with Crippen LogP contribution in [0.2, 0.25) is 0 Å². The van der Waals surface area contributed by atoms with E-state index in [0.717, 1.165) is 25.3 Å². The molecule has 19 heavy (non-hydrogen) atoms. The molecule has 1 aliphatic rings. The molecule has 2 rings (SSSR count). The summed E-state index contributed by atoms with van der Waals surface area (Å²) < 4.78 is 2.06. The van der Waals surface area contributed by atoms with E-state index in [0.29, 0.717) is 5.41 Å². The summed E-state index contributed by atoms with van der Waals surface area (Å²) in [6, 6.07) is 2.27. The first-order valence-corrected chi connectivity index (χ1v) is 7.84. The van der Waals surface area contributed by atoms with Crippen molar-refractivity contribution < 1.29 is 0 Å². The number of aryl methyl sites for hydroxylation is 2. The highest BCUT2D eigenvalue weighted by atomic mass is 15.3. The van der Waals surface area contributed by atoms with Crippen molar-refractivity contribution in [2.24, 2.45) is 24.1 Å². The first kappa shape index (κ1) is 14.6. The van der Waals surface area contributed by atoms with Gasteiger partial charge in [-0.15, -0.1) is 0 Å². The van der Waals surface area contributed by atoms with Gasteiger partial charge in [-0.1, -0.05) is 33.1 Å². The van der Waals surface area contributed by atoms with Gasteiger partial charge in [0, 0.05) is 12.7 Å². The summed E-state index contributed by atoms with van der Waals surface area (Å²) in [5.41, 5.74) is 9.04. The standard InChI is InChI=1S/C16H29N3/c1-4-13-7-6-8-16(10-13,12-17)11-15-9-14(5-2)18-19(15)3/h9,13H,4-8,10-12,17H2,1-3H3. The molecule has 0 radical (unpaired) electrons. The second-order valence-corrected chi connectivity index (χ2v) is 6.36. The predicted molar refractivity (Wildman–Crippen MR) is 80.0 cm³/mol. The average Bonchev–Trinajstić information content (AvgIpc) is 2.79. The van der Waals surface area contributed by atoms with Crippen molar-refractivity contribution in [2.75, 3.05) is 6.54 Å². The summed E-state index contributed by atoms with van der Waals surface area (Å²) >= 11 is 0. The highest BCUT2D eigenvalue weighted by Crippen LogP contribution is 2.42. The largest absolute Gasteiger partial charge is 0.330 e. The molecule has 0 saturated heterocycles. The normalized spacial score (nSPS) is 27.7. The monoisotopic (exact) mass is 263 g/mol. The minimum absolute atomic E-state index is 0.317. The number of hydrogen-bond donors (Lipinski definition) is 1. The zero-order chi connectivity index (χ0) is 13.9. The van der Waals surface area contributed by atoms with Crippen LogP contribution < -0.4 is 5.73 Å². The molecule has 0 bridgehead atoms. The van der Waals surface area contributed by atoms with Crippen molar-refractivity contribution >= 4 is 0 Å². The van der Waals surface area contributed by atoms with Crippen LogP contribution in [0, 0.1) is 11.3 Å². The Labute approximate surface area is 117 Å². The van der Waals surface area contributed by atoms with Gasteiger partial charge in [0.25, 0.3) is 0 Å². The highest BCUT2D eigenvalue weighted by Gasteiger charge is 2.35. The van der Waals surface area contributed by atoms with Gasteiger partial charge in [0.15, 0.2) is 0 Å². The number of hydrogen-bond acceptors (Lipinski definition) is 2. The van der Waals surface area contributed by atoms with Crippen LogP contribution in [0.4, 0.5) is 0 Å². The van der Waals surface area contributed by atoms with Crippen LogP contribution in [-0.2, 0) is 19.9 Å². The Balaban J connectivity index is 2.15. The Morgan fingerprint density at radius 1 is 1.47 bits per heavy atom. The molecule has 3 heteroatoms. The molecule has 3 nitrogen and oxygen atoms in total. The molecular weight excluding hydrogens is 234 g/mol. The summed E-state index contributed by atoms with van der Waals surface area (Å²) in [5.74, 6) is 0.871. The van der Waals surface area contributed by atoms with Gasteiger partial charge >= 0.3 is 0 Å². The quantitative estimate of drug-likeness (QED) is 0.887. The SMILES string of the molecule is CCc1cc(CC2(CN)CCCC(CC)C2)n(C)n1. The fourth-order valence-corrected chi connectivity index (χ4v) is 3.64. The van der Waals surface area contributed by atoms with Crippen molar-refractivity contribution in [3.05, 3.63) is 17.5 Å². The maximum atomic E-state index is 6.16. The Bertz CT molecular complexity index is 410. The average molecular weight is 263 g/mol. The van der Waals surface area contributed by atoms with Gasteiger partial charge < -0.3 is 5.73 Å². The minimum Gasteiger partial charge on any atom is -0.330 e. The van der Waals surface area contributed by atoms with Crippen molar-refractivity contribution in [1.82, 2.24) is 9.78 Å². The molecule has 1 aromatic rings. The van der Waals surface area contributed by atoms with E-state index in [1.54, 1.807) is 0 Å². The lowest BCUT2D eigenvalue weighted by Crippen LogP contribution is -2.38. The van der Waals surface area contributed by atoms with Crippen molar-refractivity contribution in [2.45, 2.75) is 58.8 Å². The molecule has 0 amide bonds. The van der Waals surface area contributed by atoms with Crippen molar-refractivity contribution in [3.63, 3.8) is 0 Å². The molecule has 2 atom stereocenters.